The molecule has 0 aliphatic rings. The van der Waals surface area contributed by atoms with Crippen molar-refractivity contribution in [2.45, 2.75) is 25.3 Å². The molecular weight excluding hydrogens is 350 g/mol. The number of nitrogens with one attached hydrogen (secondary N) is 1. The maximum atomic E-state index is 11.6. The first-order valence-electron chi connectivity index (χ1n) is 7.46. The largest absolute Gasteiger partial charge is 0.340 e. The van der Waals surface area contributed by atoms with Gasteiger partial charge in [-0.1, -0.05) is 31.5 Å². The van der Waals surface area contributed by atoms with Crippen LogP contribution in [0.5, 0.6) is 0 Å². The number of benzene rings is 1. The molecule has 0 unspecified atom stereocenters. The van der Waals surface area contributed by atoms with E-state index in [-0.39, 0.29) is 4.90 Å². The highest BCUT2D eigenvalue weighted by molar-refractivity contribution is 7.89. The molecule has 9 heteroatoms. The van der Waals surface area contributed by atoms with Crippen LogP contribution in [0.4, 0.5) is 11.5 Å². The monoisotopic (exact) mass is 369 g/mol. The van der Waals surface area contributed by atoms with Gasteiger partial charge in [-0.3, -0.25) is 4.90 Å². The standard InChI is InChI=1S/C15H20ClN5O2S/c1-3-21(4-2)9-11-5-6-12(24(17,22)23)7-13(11)20-15-8-14(16)18-10-19-15/h5-8,10H,3-4,9H2,1-2H3,(H2,17,22,23)(H,18,19,20). The molecule has 0 bridgehead atoms. The summed E-state index contributed by atoms with van der Waals surface area (Å²) < 4.78 is 23.3. The molecule has 2 aromatic rings. The van der Waals surface area contributed by atoms with Gasteiger partial charge >= 0.3 is 0 Å². The van der Waals surface area contributed by atoms with Crippen LogP contribution in [0.15, 0.2) is 35.5 Å². The summed E-state index contributed by atoms with van der Waals surface area (Å²) in [6, 6.07) is 6.33. The summed E-state index contributed by atoms with van der Waals surface area (Å²) in [5.74, 6) is 0.474. The Morgan fingerprint density at radius 1 is 1.21 bits per heavy atom. The molecule has 2 rings (SSSR count). The lowest BCUT2D eigenvalue weighted by atomic mass is 10.1. The van der Waals surface area contributed by atoms with Gasteiger partial charge in [0.15, 0.2) is 0 Å². The van der Waals surface area contributed by atoms with Gasteiger partial charge in [0.1, 0.15) is 17.3 Å². The Morgan fingerprint density at radius 2 is 1.92 bits per heavy atom. The zero-order chi connectivity index (χ0) is 17.7. The van der Waals surface area contributed by atoms with E-state index in [1.54, 1.807) is 12.1 Å². The molecule has 0 aliphatic heterocycles. The van der Waals surface area contributed by atoms with Crippen molar-refractivity contribution in [1.82, 2.24) is 14.9 Å². The third-order valence-electron chi connectivity index (χ3n) is 3.59. The fourth-order valence-electron chi connectivity index (χ4n) is 2.21. The van der Waals surface area contributed by atoms with Crippen LogP contribution in [0, 0.1) is 0 Å². The van der Waals surface area contributed by atoms with Crippen molar-refractivity contribution in [2.24, 2.45) is 5.14 Å². The highest BCUT2D eigenvalue weighted by atomic mass is 35.5. The van der Waals surface area contributed by atoms with E-state index in [0.29, 0.717) is 23.2 Å². The fourth-order valence-corrected chi connectivity index (χ4v) is 2.90. The van der Waals surface area contributed by atoms with Crippen molar-refractivity contribution < 1.29 is 8.42 Å². The van der Waals surface area contributed by atoms with Gasteiger partial charge in [-0.25, -0.2) is 23.5 Å². The predicted octanol–water partition coefficient (Wildman–Crippen LogP) is 2.36. The maximum Gasteiger partial charge on any atom is 0.238 e. The molecule has 0 spiro atoms. The molecule has 1 aromatic carbocycles. The van der Waals surface area contributed by atoms with Crippen molar-refractivity contribution in [2.75, 3.05) is 18.4 Å². The molecule has 0 radical (unpaired) electrons. The van der Waals surface area contributed by atoms with Gasteiger partial charge in [0.2, 0.25) is 10.0 Å². The second-order valence-corrected chi connectivity index (χ2v) is 7.12. The Kier molecular flexibility index (Phi) is 6.11. The molecule has 24 heavy (non-hydrogen) atoms. The van der Waals surface area contributed by atoms with Crippen LogP contribution in [-0.4, -0.2) is 36.4 Å². The van der Waals surface area contributed by atoms with Crippen LogP contribution in [0.1, 0.15) is 19.4 Å². The lowest BCUT2D eigenvalue weighted by molar-refractivity contribution is 0.296. The number of primary sulfonamides is 1. The third-order valence-corrected chi connectivity index (χ3v) is 4.71. The average Bonchev–Trinajstić information content (AvgIpc) is 2.52. The van der Waals surface area contributed by atoms with E-state index >= 15 is 0 Å². The molecule has 0 aliphatic carbocycles. The predicted molar refractivity (Wildman–Crippen MR) is 94.8 cm³/mol. The summed E-state index contributed by atoms with van der Waals surface area (Å²) in [5, 5.41) is 8.62. The van der Waals surface area contributed by atoms with Gasteiger partial charge in [0.25, 0.3) is 0 Å². The molecule has 0 saturated heterocycles. The Bertz CT molecular complexity index is 809. The number of hydrogen-bond acceptors (Lipinski definition) is 6. The molecule has 0 amide bonds. The smallest absolute Gasteiger partial charge is 0.238 e. The molecule has 130 valence electrons. The van der Waals surface area contributed by atoms with E-state index in [1.807, 2.05) is 0 Å². The second kappa shape index (κ2) is 7.89. The lowest BCUT2D eigenvalue weighted by Gasteiger charge is -2.21. The molecule has 0 saturated carbocycles. The van der Waals surface area contributed by atoms with E-state index in [0.717, 1.165) is 18.7 Å². The van der Waals surface area contributed by atoms with Crippen LogP contribution < -0.4 is 10.5 Å². The quantitative estimate of drug-likeness (QED) is 0.726. The molecule has 1 aromatic heterocycles. The third kappa shape index (κ3) is 4.88. The average molecular weight is 370 g/mol. The Morgan fingerprint density at radius 3 is 2.50 bits per heavy atom. The zero-order valence-electron chi connectivity index (χ0n) is 13.5. The molecule has 0 atom stereocenters. The minimum atomic E-state index is -3.79. The molecule has 3 N–H and O–H groups in total. The lowest BCUT2D eigenvalue weighted by Crippen LogP contribution is -2.23. The summed E-state index contributed by atoms with van der Waals surface area (Å²) in [4.78, 5) is 10.2. The first kappa shape index (κ1) is 18.6. The van der Waals surface area contributed by atoms with Gasteiger partial charge in [-0.15, -0.1) is 0 Å². The van der Waals surface area contributed by atoms with Crippen LogP contribution in [0.2, 0.25) is 5.15 Å². The van der Waals surface area contributed by atoms with Gasteiger partial charge in [-0.2, -0.15) is 0 Å². The Balaban J connectivity index is 2.43. The SMILES string of the molecule is CCN(CC)Cc1ccc(S(N)(=O)=O)cc1Nc1cc(Cl)ncn1. The van der Waals surface area contributed by atoms with Gasteiger partial charge in [0, 0.05) is 18.3 Å². The summed E-state index contributed by atoms with van der Waals surface area (Å²) in [5.41, 5.74) is 1.55. The van der Waals surface area contributed by atoms with Gasteiger partial charge in [0.05, 0.1) is 4.90 Å². The van der Waals surface area contributed by atoms with Crippen LogP contribution >= 0.6 is 11.6 Å². The number of halogens is 1. The topological polar surface area (TPSA) is 101 Å². The number of nitrogens with two attached hydrogens (primary N) is 1. The number of hydrogen-bond donors (Lipinski definition) is 2. The number of aromatic nitrogens is 2. The molecule has 1 heterocycles. The molecule has 0 fully saturated rings. The van der Waals surface area contributed by atoms with Gasteiger partial charge in [-0.05, 0) is 30.8 Å². The number of rotatable bonds is 7. The summed E-state index contributed by atoms with van der Waals surface area (Å²) in [6.07, 6.45) is 1.33. The van der Waals surface area contributed by atoms with E-state index in [4.69, 9.17) is 16.7 Å². The summed E-state index contributed by atoms with van der Waals surface area (Å²) >= 11 is 5.87. The van der Waals surface area contributed by atoms with E-state index < -0.39 is 10.0 Å². The van der Waals surface area contributed by atoms with E-state index in [2.05, 4.69) is 34.0 Å². The minimum Gasteiger partial charge on any atom is -0.340 e. The van der Waals surface area contributed by atoms with E-state index in [9.17, 15) is 8.42 Å². The number of nitrogens with zero attached hydrogens (tertiary/aromatic N) is 3. The molecular formula is C15H20ClN5O2S. The fraction of sp³-hybridized carbons (Fsp3) is 0.333. The second-order valence-electron chi connectivity index (χ2n) is 5.18. The van der Waals surface area contributed by atoms with E-state index in [1.165, 1.54) is 18.5 Å². The minimum absolute atomic E-state index is 0.0356. The highest BCUT2D eigenvalue weighted by Crippen LogP contribution is 2.25. The first-order valence-corrected chi connectivity index (χ1v) is 9.38. The first-order chi connectivity index (χ1) is 11.3. The number of anilines is 2. The van der Waals surface area contributed by atoms with Crippen LogP contribution in [0.25, 0.3) is 0 Å². The summed E-state index contributed by atoms with van der Waals surface area (Å²) in [6.45, 7) is 6.57. The van der Waals surface area contributed by atoms with Crippen molar-refractivity contribution in [3.63, 3.8) is 0 Å². The van der Waals surface area contributed by atoms with Crippen molar-refractivity contribution in [3.8, 4) is 0 Å². The number of sulfonamides is 1. The van der Waals surface area contributed by atoms with Crippen molar-refractivity contribution in [3.05, 3.63) is 41.3 Å². The zero-order valence-corrected chi connectivity index (χ0v) is 15.1. The summed E-state index contributed by atoms with van der Waals surface area (Å²) in [7, 11) is -3.79. The van der Waals surface area contributed by atoms with Crippen molar-refractivity contribution >= 4 is 33.1 Å². The molecule has 7 nitrogen and oxygen atoms in total. The normalized spacial score (nSPS) is 11.7. The van der Waals surface area contributed by atoms with Crippen LogP contribution in [-0.2, 0) is 16.6 Å². The highest BCUT2D eigenvalue weighted by Gasteiger charge is 2.14. The Labute approximate surface area is 146 Å². The van der Waals surface area contributed by atoms with Crippen LogP contribution in [0.3, 0.4) is 0 Å². The van der Waals surface area contributed by atoms with Crippen molar-refractivity contribution in [1.29, 1.82) is 0 Å². The maximum absolute atomic E-state index is 11.6. The van der Waals surface area contributed by atoms with Gasteiger partial charge < -0.3 is 5.32 Å². The Hall–Kier alpha value is -1.74.